The van der Waals surface area contributed by atoms with Crippen molar-refractivity contribution in [3.05, 3.63) is 10.1 Å². The number of nitrogens with zero attached hydrogens (tertiary/aromatic N) is 1. The summed E-state index contributed by atoms with van der Waals surface area (Å²) in [6, 6.07) is -0.718. The fourth-order valence-electron chi connectivity index (χ4n) is 0.249. The predicted molar refractivity (Wildman–Crippen MR) is 26.9 cm³/mol. The van der Waals surface area contributed by atoms with Crippen LogP contribution in [0.1, 0.15) is 0 Å². The van der Waals surface area contributed by atoms with E-state index in [4.69, 9.17) is 10.8 Å². The zero-order valence-corrected chi connectivity index (χ0v) is 4.28. The zero-order chi connectivity index (χ0) is 6.57. The van der Waals surface area contributed by atoms with Gasteiger partial charge in [-0.25, -0.2) is 0 Å². The molecule has 0 rings (SSSR count). The summed E-state index contributed by atoms with van der Waals surface area (Å²) >= 11 is 0. The molecule has 3 N–H and O–H groups in total. The van der Waals surface area contributed by atoms with Crippen LogP contribution in [0.2, 0.25) is 0 Å². The van der Waals surface area contributed by atoms with Crippen molar-refractivity contribution in [3.63, 3.8) is 0 Å². The molecule has 0 aromatic carbocycles. The third-order valence-corrected chi connectivity index (χ3v) is 0.618. The van der Waals surface area contributed by atoms with Gasteiger partial charge in [-0.2, -0.15) is 0 Å². The summed E-state index contributed by atoms with van der Waals surface area (Å²) in [4.78, 5) is 9.03. The van der Waals surface area contributed by atoms with E-state index in [0.717, 1.165) is 0 Å². The Labute approximate surface area is 46.3 Å². The quantitative estimate of drug-likeness (QED) is 0.353. The Morgan fingerprint density at radius 2 is 2.38 bits per heavy atom. The number of nitro groups is 1. The average molecular weight is 120 g/mol. The Kier molecular flexibility index (Phi) is 3.05. The molecule has 5 nitrogen and oxygen atoms in total. The maximum absolute atomic E-state index is 9.58. The van der Waals surface area contributed by atoms with Gasteiger partial charge in [0.2, 0.25) is 6.54 Å². The van der Waals surface area contributed by atoms with Crippen LogP contribution < -0.4 is 5.73 Å². The van der Waals surface area contributed by atoms with Crippen molar-refractivity contribution in [3.8, 4) is 0 Å². The third kappa shape index (κ3) is 3.51. The van der Waals surface area contributed by atoms with Gasteiger partial charge in [0.25, 0.3) is 0 Å². The van der Waals surface area contributed by atoms with Crippen molar-refractivity contribution in [2.45, 2.75) is 6.04 Å². The van der Waals surface area contributed by atoms with Crippen LogP contribution in [0.4, 0.5) is 0 Å². The molecule has 0 aliphatic carbocycles. The second-order valence-corrected chi connectivity index (χ2v) is 1.46. The first-order valence-electron chi connectivity index (χ1n) is 2.15. The summed E-state index contributed by atoms with van der Waals surface area (Å²) < 4.78 is 0. The number of hydrogen-bond donors (Lipinski definition) is 2. The molecule has 1 unspecified atom stereocenters. The lowest BCUT2D eigenvalue weighted by Crippen LogP contribution is -2.32. The van der Waals surface area contributed by atoms with Crippen LogP contribution in [-0.4, -0.2) is 29.2 Å². The van der Waals surface area contributed by atoms with Crippen LogP contribution in [0.15, 0.2) is 0 Å². The molecule has 0 amide bonds. The summed E-state index contributed by atoms with van der Waals surface area (Å²) in [5.74, 6) is 0. The number of rotatable bonds is 3. The van der Waals surface area contributed by atoms with E-state index in [9.17, 15) is 10.1 Å². The Morgan fingerprint density at radius 1 is 1.88 bits per heavy atom. The predicted octanol–water partition coefficient (Wildman–Crippen LogP) is -1.42. The Balaban J connectivity index is 3.24. The topological polar surface area (TPSA) is 89.4 Å². The van der Waals surface area contributed by atoms with Crippen molar-refractivity contribution in [1.29, 1.82) is 0 Å². The molecule has 48 valence electrons. The number of hydrogen-bond acceptors (Lipinski definition) is 4. The van der Waals surface area contributed by atoms with Gasteiger partial charge in [-0.1, -0.05) is 0 Å². The highest BCUT2D eigenvalue weighted by atomic mass is 16.6. The molecule has 0 heterocycles. The van der Waals surface area contributed by atoms with E-state index in [-0.39, 0.29) is 13.2 Å². The normalized spacial score (nSPS) is 13.2. The fraction of sp³-hybridized carbons (Fsp3) is 1.00. The standard InChI is InChI=1S/C3H8N2O3/c4-3(2-6)1-5(7)8/h3,6H,1-2,4H2. The van der Waals surface area contributed by atoms with Crippen LogP contribution in [-0.2, 0) is 0 Å². The molecule has 0 aliphatic rings. The summed E-state index contributed by atoms with van der Waals surface area (Å²) in [5.41, 5.74) is 4.98. The largest absolute Gasteiger partial charge is 0.394 e. The van der Waals surface area contributed by atoms with Gasteiger partial charge >= 0.3 is 0 Å². The molecule has 5 heteroatoms. The lowest BCUT2D eigenvalue weighted by Gasteiger charge is -1.98. The maximum Gasteiger partial charge on any atom is 0.221 e. The Hall–Kier alpha value is -0.680. The number of nitrogens with two attached hydrogens (primary N) is 1. The molecular weight excluding hydrogens is 112 g/mol. The summed E-state index contributed by atoms with van der Waals surface area (Å²) in [6.45, 7) is -0.697. The van der Waals surface area contributed by atoms with Gasteiger partial charge in [-0.05, 0) is 0 Å². The van der Waals surface area contributed by atoms with Crippen molar-refractivity contribution in [1.82, 2.24) is 0 Å². The molecule has 0 spiro atoms. The van der Waals surface area contributed by atoms with Crippen LogP contribution in [0, 0.1) is 10.1 Å². The van der Waals surface area contributed by atoms with E-state index < -0.39 is 11.0 Å². The fourth-order valence-corrected chi connectivity index (χ4v) is 0.249. The van der Waals surface area contributed by atoms with Gasteiger partial charge in [0.1, 0.15) is 0 Å². The minimum Gasteiger partial charge on any atom is -0.394 e. The Bertz CT molecular complexity index is 84.6. The lowest BCUT2D eigenvalue weighted by molar-refractivity contribution is -0.483. The molecule has 0 aromatic rings. The van der Waals surface area contributed by atoms with Gasteiger partial charge in [0, 0.05) is 4.92 Å². The van der Waals surface area contributed by atoms with E-state index in [1.807, 2.05) is 0 Å². The lowest BCUT2D eigenvalue weighted by atomic mass is 10.3. The summed E-state index contributed by atoms with van der Waals surface area (Å²) in [5, 5.41) is 17.7. The van der Waals surface area contributed by atoms with E-state index in [1.165, 1.54) is 0 Å². The second-order valence-electron chi connectivity index (χ2n) is 1.46. The van der Waals surface area contributed by atoms with Crippen molar-refractivity contribution >= 4 is 0 Å². The summed E-state index contributed by atoms with van der Waals surface area (Å²) in [7, 11) is 0. The molecule has 0 fully saturated rings. The zero-order valence-electron chi connectivity index (χ0n) is 4.28. The molecule has 0 radical (unpaired) electrons. The molecule has 0 saturated heterocycles. The minimum absolute atomic E-state index is 0.332. The smallest absolute Gasteiger partial charge is 0.221 e. The molecular formula is C3H8N2O3. The molecule has 0 aliphatic heterocycles. The molecule has 0 aromatic heterocycles. The van der Waals surface area contributed by atoms with E-state index >= 15 is 0 Å². The van der Waals surface area contributed by atoms with Crippen molar-refractivity contribution < 1.29 is 10.0 Å². The first-order chi connectivity index (χ1) is 3.66. The number of aliphatic hydroxyl groups excluding tert-OH is 1. The summed E-state index contributed by atoms with van der Waals surface area (Å²) in [6.07, 6.45) is 0. The van der Waals surface area contributed by atoms with Crippen molar-refractivity contribution in [2.24, 2.45) is 5.73 Å². The number of aliphatic hydroxyl groups is 1. The second kappa shape index (κ2) is 3.34. The monoisotopic (exact) mass is 120 g/mol. The van der Waals surface area contributed by atoms with Gasteiger partial charge < -0.3 is 10.8 Å². The van der Waals surface area contributed by atoms with Gasteiger partial charge in [0.15, 0.2) is 0 Å². The van der Waals surface area contributed by atoms with Crippen molar-refractivity contribution in [2.75, 3.05) is 13.2 Å². The molecule has 0 saturated carbocycles. The first-order valence-corrected chi connectivity index (χ1v) is 2.15. The van der Waals surface area contributed by atoms with Crippen LogP contribution >= 0.6 is 0 Å². The van der Waals surface area contributed by atoms with E-state index in [2.05, 4.69) is 0 Å². The minimum atomic E-state index is -0.718. The van der Waals surface area contributed by atoms with Crippen LogP contribution in [0.5, 0.6) is 0 Å². The first kappa shape index (κ1) is 7.32. The van der Waals surface area contributed by atoms with Gasteiger partial charge in [-0.3, -0.25) is 10.1 Å². The van der Waals surface area contributed by atoms with Crippen LogP contribution in [0.3, 0.4) is 0 Å². The van der Waals surface area contributed by atoms with E-state index in [1.54, 1.807) is 0 Å². The van der Waals surface area contributed by atoms with Crippen LogP contribution in [0.25, 0.3) is 0 Å². The molecule has 1 atom stereocenters. The average Bonchev–Trinajstić information content (AvgIpc) is 1.65. The highest BCUT2D eigenvalue weighted by Crippen LogP contribution is 1.75. The maximum atomic E-state index is 9.58. The molecule has 0 bridgehead atoms. The highest BCUT2D eigenvalue weighted by Gasteiger charge is 2.05. The highest BCUT2D eigenvalue weighted by molar-refractivity contribution is 4.53. The molecule has 8 heavy (non-hydrogen) atoms. The van der Waals surface area contributed by atoms with E-state index in [0.29, 0.717) is 0 Å². The van der Waals surface area contributed by atoms with Gasteiger partial charge in [-0.15, -0.1) is 0 Å². The SMILES string of the molecule is NC(CO)C[N+](=O)[O-]. The Morgan fingerprint density at radius 3 is 2.50 bits per heavy atom. The third-order valence-electron chi connectivity index (χ3n) is 0.618. The van der Waals surface area contributed by atoms with Gasteiger partial charge in [0.05, 0.1) is 12.6 Å².